The highest BCUT2D eigenvalue weighted by Crippen LogP contribution is 2.48. The quantitative estimate of drug-likeness (QED) is 0.433. The number of nitro groups is 1. The van der Waals surface area contributed by atoms with Gasteiger partial charge in [0.2, 0.25) is 6.54 Å². The summed E-state index contributed by atoms with van der Waals surface area (Å²) in [6.45, 7) is -0.0272. The molecule has 10 heavy (non-hydrogen) atoms. The molecule has 0 amide bonds. The normalized spacial score (nSPS) is 19.5. The summed E-state index contributed by atoms with van der Waals surface area (Å²) >= 11 is 0. The molecule has 0 saturated heterocycles. The van der Waals surface area contributed by atoms with E-state index in [0.717, 1.165) is 12.8 Å². The minimum absolute atomic E-state index is 0.0272. The molecule has 0 atom stereocenters. The number of nitrogens with zero attached hydrogens (tertiary/aromatic N) is 2. The molecule has 0 bridgehead atoms. The summed E-state index contributed by atoms with van der Waals surface area (Å²) in [5.41, 5.74) is -0.238. The average molecular weight is 140 g/mol. The van der Waals surface area contributed by atoms with Gasteiger partial charge in [-0.05, 0) is 12.8 Å². The molecule has 4 heteroatoms. The first-order valence-electron chi connectivity index (χ1n) is 3.17. The Morgan fingerprint density at radius 2 is 2.30 bits per heavy atom. The Bertz CT molecular complexity index is 190. The Kier molecular flexibility index (Phi) is 1.58. The van der Waals surface area contributed by atoms with Crippen LogP contribution < -0.4 is 0 Å². The van der Waals surface area contributed by atoms with Crippen LogP contribution >= 0.6 is 0 Å². The Hall–Kier alpha value is -1.11. The zero-order valence-corrected chi connectivity index (χ0v) is 5.54. The molecule has 0 unspecified atom stereocenters. The molecule has 54 valence electrons. The zero-order valence-electron chi connectivity index (χ0n) is 5.54. The summed E-state index contributed by atoms with van der Waals surface area (Å²) in [6, 6.07) is 1.97. The standard InChI is InChI=1S/C6H8N2O2/c7-4-3-6(1-2-6)5-8(9)10/h1-3,5H2. The van der Waals surface area contributed by atoms with Crippen LogP contribution in [0, 0.1) is 26.9 Å². The molecule has 1 saturated carbocycles. The van der Waals surface area contributed by atoms with Crippen LogP contribution in [-0.4, -0.2) is 11.5 Å². The van der Waals surface area contributed by atoms with Gasteiger partial charge in [0.25, 0.3) is 0 Å². The van der Waals surface area contributed by atoms with E-state index in [2.05, 4.69) is 0 Å². The fourth-order valence-electron chi connectivity index (χ4n) is 1.01. The number of hydrogen-bond donors (Lipinski definition) is 0. The summed E-state index contributed by atoms with van der Waals surface area (Å²) in [5.74, 6) is 0. The maximum absolute atomic E-state index is 10.0. The topological polar surface area (TPSA) is 66.9 Å². The molecule has 0 N–H and O–H groups in total. The van der Waals surface area contributed by atoms with Crippen molar-refractivity contribution in [2.24, 2.45) is 5.41 Å². The molecule has 4 nitrogen and oxygen atoms in total. The minimum Gasteiger partial charge on any atom is -0.265 e. The van der Waals surface area contributed by atoms with Crippen molar-refractivity contribution < 1.29 is 4.92 Å². The first kappa shape index (κ1) is 7.00. The van der Waals surface area contributed by atoms with Crippen LogP contribution in [0.5, 0.6) is 0 Å². The molecule has 1 fully saturated rings. The van der Waals surface area contributed by atoms with Crippen molar-refractivity contribution in [3.63, 3.8) is 0 Å². The maximum Gasteiger partial charge on any atom is 0.210 e. The summed E-state index contributed by atoms with van der Waals surface area (Å²) in [6.07, 6.45) is 2.04. The van der Waals surface area contributed by atoms with Gasteiger partial charge in [-0.25, -0.2) is 0 Å². The Balaban J connectivity index is 2.39. The van der Waals surface area contributed by atoms with E-state index in [1.165, 1.54) is 0 Å². The second kappa shape index (κ2) is 2.25. The monoisotopic (exact) mass is 140 g/mol. The number of rotatable bonds is 3. The van der Waals surface area contributed by atoms with Crippen LogP contribution in [0.4, 0.5) is 0 Å². The first-order valence-corrected chi connectivity index (χ1v) is 3.17. The highest BCUT2D eigenvalue weighted by molar-refractivity contribution is 4.98. The van der Waals surface area contributed by atoms with Gasteiger partial charge in [-0.15, -0.1) is 0 Å². The van der Waals surface area contributed by atoms with E-state index in [1.807, 2.05) is 6.07 Å². The molecule has 0 radical (unpaired) electrons. The second-order valence-electron chi connectivity index (χ2n) is 2.83. The third kappa shape index (κ3) is 1.44. The summed E-state index contributed by atoms with van der Waals surface area (Å²) in [5, 5.41) is 18.3. The summed E-state index contributed by atoms with van der Waals surface area (Å²) in [7, 11) is 0. The third-order valence-corrected chi connectivity index (χ3v) is 1.88. The highest BCUT2D eigenvalue weighted by atomic mass is 16.6. The predicted octanol–water partition coefficient (Wildman–Crippen LogP) is 0.957. The number of hydrogen-bond acceptors (Lipinski definition) is 3. The van der Waals surface area contributed by atoms with Crippen molar-refractivity contribution in [1.29, 1.82) is 5.26 Å². The van der Waals surface area contributed by atoms with E-state index in [0.29, 0.717) is 6.42 Å². The number of nitriles is 1. The van der Waals surface area contributed by atoms with Crippen LogP contribution in [0.15, 0.2) is 0 Å². The molecule has 0 heterocycles. The molecule has 0 spiro atoms. The van der Waals surface area contributed by atoms with Gasteiger partial charge >= 0.3 is 0 Å². The lowest BCUT2D eigenvalue weighted by atomic mass is 10.0. The largest absolute Gasteiger partial charge is 0.265 e. The Labute approximate surface area is 58.6 Å². The van der Waals surface area contributed by atoms with Crippen LogP contribution in [0.2, 0.25) is 0 Å². The third-order valence-electron chi connectivity index (χ3n) is 1.88. The molecule has 0 aliphatic heterocycles. The van der Waals surface area contributed by atoms with E-state index >= 15 is 0 Å². The van der Waals surface area contributed by atoms with Crippen molar-refractivity contribution in [3.8, 4) is 6.07 Å². The minimum atomic E-state index is -0.329. The van der Waals surface area contributed by atoms with Crippen molar-refractivity contribution in [3.05, 3.63) is 10.1 Å². The lowest BCUT2D eigenvalue weighted by Crippen LogP contribution is -2.14. The van der Waals surface area contributed by atoms with Gasteiger partial charge in [0, 0.05) is 16.8 Å². The van der Waals surface area contributed by atoms with E-state index in [4.69, 9.17) is 5.26 Å². The van der Waals surface area contributed by atoms with Gasteiger partial charge in [0.15, 0.2) is 0 Å². The van der Waals surface area contributed by atoms with Crippen LogP contribution in [0.25, 0.3) is 0 Å². The van der Waals surface area contributed by atoms with Crippen LogP contribution in [0.1, 0.15) is 19.3 Å². The lowest BCUT2D eigenvalue weighted by Gasteiger charge is -2.01. The second-order valence-corrected chi connectivity index (χ2v) is 2.83. The molecular weight excluding hydrogens is 132 g/mol. The van der Waals surface area contributed by atoms with Gasteiger partial charge < -0.3 is 0 Å². The first-order chi connectivity index (χ1) is 4.68. The van der Waals surface area contributed by atoms with Crippen molar-refractivity contribution >= 4 is 0 Å². The summed E-state index contributed by atoms with van der Waals surface area (Å²) < 4.78 is 0. The SMILES string of the molecule is N#CCC1(C[N+](=O)[O-])CC1. The van der Waals surface area contributed by atoms with E-state index in [1.54, 1.807) is 0 Å². The highest BCUT2D eigenvalue weighted by Gasteiger charge is 2.47. The molecule has 1 aliphatic carbocycles. The Morgan fingerprint density at radius 3 is 2.60 bits per heavy atom. The van der Waals surface area contributed by atoms with Gasteiger partial charge in [-0.1, -0.05) is 0 Å². The smallest absolute Gasteiger partial charge is 0.210 e. The van der Waals surface area contributed by atoms with Crippen molar-refractivity contribution in [2.75, 3.05) is 6.54 Å². The van der Waals surface area contributed by atoms with E-state index < -0.39 is 0 Å². The van der Waals surface area contributed by atoms with Gasteiger partial charge in [-0.3, -0.25) is 10.1 Å². The van der Waals surface area contributed by atoms with Crippen molar-refractivity contribution in [1.82, 2.24) is 0 Å². The molecule has 0 aromatic heterocycles. The van der Waals surface area contributed by atoms with Gasteiger partial charge in [0.05, 0.1) is 6.07 Å². The van der Waals surface area contributed by atoms with E-state index in [-0.39, 0.29) is 16.9 Å². The van der Waals surface area contributed by atoms with Crippen LogP contribution in [0.3, 0.4) is 0 Å². The zero-order chi connectivity index (χ0) is 7.61. The van der Waals surface area contributed by atoms with Gasteiger partial charge in [0.1, 0.15) is 0 Å². The molecule has 0 aromatic carbocycles. The molecule has 1 aliphatic rings. The molecule has 0 aromatic rings. The fraction of sp³-hybridized carbons (Fsp3) is 0.833. The predicted molar refractivity (Wildman–Crippen MR) is 33.8 cm³/mol. The van der Waals surface area contributed by atoms with Crippen LogP contribution in [-0.2, 0) is 0 Å². The molecular formula is C6H8N2O2. The molecule has 1 rings (SSSR count). The van der Waals surface area contributed by atoms with Gasteiger partial charge in [-0.2, -0.15) is 5.26 Å². The maximum atomic E-state index is 10.0. The summed E-state index contributed by atoms with van der Waals surface area (Å²) in [4.78, 5) is 9.70. The average Bonchev–Trinajstić information content (AvgIpc) is 2.47. The fourth-order valence-corrected chi connectivity index (χ4v) is 1.01. The van der Waals surface area contributed by atoms with Crippen molar-refractivity contribution in [2.45, 2.75) is 19.3 Å². The lowest BCUT2D eigenvalue weighted by molar-refractivity contribution is -0.490. The van der Waals surface area contributed by atoms with E-state index in [9.17, 15) is 10.1 Å². The Morgan fingerprint density at radius 1 is 1.70 bits per heavy atom.